The second-order valence-corrected chi connectivity index (χ2v) is 6.79. The number of amides is 1. The molecule has 3 heterocycles. The molecule has 0 radical (unpaired) electrons. The maximum absolute atomic E-state index is 13.4. The lowest BCUT2D eigenvalue weighted by molar-refractivity contribution is -0.120. The summed E-state index contributed by atoms with van der Waals surface area (Å²) in [4.78, 5) is 31.3. The Morgan fingerprint density at radius 3 is 2.90 bits per heavy atom. The van der Waals surface area contributed by atoms with Gasteiger partial charge in [-0.05, 0) is 42.3 Å². The average molecular weight is 393 g/mol. The van der Waals surface area contributed by atoms with Crippen molar-refractivity contribution in [1.82, 2.24) is 20.3 Å². The molecular formula is C20H20FN7O. The number of hydrogen-bond acceptors (Lipinski definition) is 7. The van der Waals surface area contributed by atoms with Gasteiger partial charge in [0.2, 0.25) is 17.8 Å². The fourth-order valence-electron chi connectivity index (χ4n) is 2.97. The lowest BCUT2D eigenvalue weighted by Crippen LogP contribution is -2.48. The highest BCUT2D eigenvalue weighted by Crippen LogP contribution is 2.15. The van der Waals surface area contributed by atoms with Crippen molar-refractivity contribution in [3.63, 3.8) is 0 Å². The van der Waals surface area contributed by atoms with Crippen LogP contribution in [-0.2, 0) is 4.79 Å². The number of nitrogens with one attached hydrogen (secondary N) is 2. The van der Waals surface area contributed by atoms with E-state index in [4.69, 9.17) is 0 Å². The SMILES string of the molecule is CC1=CC(Nc2nc(/C=C/c3cccc(F)c3)nc(N3CCNC(=O)C3)n2)=NC1. The molecule has 148 valence electrons. The molecule has 0 saturated carbocycles. The Labute approximate surface area is 167 Å². The number of aromatic nitrogens is 3. The number of aliphatic imine (C=N–C) groups is 1. The van der Waals surface area contributed by atoms with Gasteiger partial charge >= 0.3 is 0 Å². The molecule has 2 aliphatic rings. The molecule has 29 heavy (non-hydrogen) atoms. The van der Waals surface area contributed by atoms with E-state index in [-0.39, 0.29) is 18.3 Å². The van der Waals surface area contributed by atoms with Gasteiger partial charge in [0.1, 0.15) is 11.7 Å². The summed E-state index contributed by atoms with van der Waals surface area (Å²) in [6.07, 6.45) is 5.35. The summed E-state index contributed by atoms with van der Waals surface area (Å²) in [6, 6.07) is 6.24. The third-order valence-electron chi connectivity index (χ3n) is 4.36. The molecule has 2 aromatic rings. The van der Waals surface area contributed by atoms with E-state index in [1.165, 1.54) is 12.1 Å². The van der Waals surface area contributed by atoms with Crippen LogP contribution in [0, 0.1) is 5.82 Å². The monoisotopic (exact) mass is 393 g/mol. The van der Waals surface area contributed by atoms with Crippen molar-refractivity contribution in [3.8, 4) is 0 Å². The fraction of sp³-hybridized carbons (Fsp3) is 0.250. The third-order valence-corrected chi connectivity index (χ3v) is 4.36. The molecule has 0 aliphatic carbocycles. The number of halogens is 1. The zero-order valence-electron chi connectivity index (χ0n) is 15.9. The summed E-state index contributed by atoms with van der Waals surface area (Å²) in [5.74, 6) is 1.41. The first kappa shape index (κ1) is 18.7. The molecule has 8 nitrogen and oxygen atoms in total. The lowest BCUT2D eigenvalue weighted by atomic mass is 10.2. The molecule has 1 aromatic heterocycles. The van der Waals surface area contributed by atoms with Crippen molar-refractivity contribution in [2.45, 2.75) is 6.92 Å². The third kappa shape index (κ3) is 4.81. The molecule has 0 atom stereocenters. The maximum Gasteiger partial charge on any atom is 0.239 e. The van der Waals surface area contributed by atoms with Gasteiger partial charge in [-0.15, -0.1) is 0 Å². The van der Waals surface area contributed by atoms with Crippen LogP contribution in [0.4, 0.5) is 16.3 Å². The lowest BCUT2D eigenvalue weighted by Gasteiger charge is -2.26. The van der Waals surface area contributed by atoms with Gasteiger partial charge in [-0.3, -0.25) is 9.79 Å². The van der Waals surface area contributed by atoms with Crippen LogP contribution in [0.15, 0.2) is 40.9 Å². The van der Waals surface area contributed by atoms with Crippen LogP contribution >= 0.6 is 0 Å². The Morgan fingerprint density at radius 1 is 1.24 bits per heavy atom. The first-order valence-corrected chi connectivity index (χ1v) is 9.25. The minimum atomic E-state index is -0.313. The molecule has 9 heteroatoms. The summed E-state index contributed by atoms with van der Waals surface area (Å²) in [6.45, 7) is 3.93. The number of benzene rings is 1. The predicted octanol–water partition coefficient (Wildman–Crippen LogP) is 1.89. The fourth-order valence-corrected chi connectivity index (χ4v) is 2.97. The van der Waals surface area contributed by atoms with E-state index in [1.807, 2.05) is 13.0 Å². The van der Waals surface area contributed by atoms with E-state index in [2.05, 4.69) is 30.6 Å². The highest BCUT2D eigenvalue weighted by molar-refractivity contribution is 6.04. The zero-order chi connectivity index (χ0) is 20.2. The zero-order valence-corrected chi connectivity index (χ0v) is 15.9. The number of anilines is 2. The van der Waals surface area contributed by atoms with Crippen molar-refractivity contribution >= 4 is 35.8 Å². The van der Waals surface area contributed by atoms with E-state index in [1.54, 1.807) is 29.2 Å². The maximum atomic E-state index is 13.4. The Bertz CT molecular complexity index is 1030. The molecule has 0 unspecified atom stereocenters. The van der Waals surface area contributed by atoms with Gasteiger partial charge in [0.05, 0.1) is 13.1 Å². The molecule has 2 N–H and O–H groups in total. The molecule has 1 amide bonds. The van der Waals surface area contributed by atoms with E-state index in [0.29, 0.717) is 48.8 Å². The minimum absolute atomic E-state index is 0.0817. The summed E-state index contributed by atoms with van der Waals surface area (Å²) >= 11 is 0. The van der Waals surface area contributed by atoms with Gasteiger partial charge < -0.3 is 15.5 Å². The Morgan fingerprint density at radius 2 is 2.14 bits per heavy atom. The van der Waals surface area contributed by atoms with Gasteiger partial charge in [0.15, 0.2) is 5.82 Å². The molecule has 4 rings (SSSR count). The van der Waals surface area contributed by atoms with Crippen LogP contribution in [0.1, 0.15) is 18.3 Å². The second kappa shape index (κ2) is 8.17. The summed E-state index contributed by atoms with van der Waals surface area (Å²) in [5.41, 5.74) is 1.83. The topological polar surface area (TPSA) is 95.4 Å². The first-order chi connectivity index (χ1) is 14.0. The van der Waals surface area contributed by atoms with Crippen molar-refractivity contribution < 1.29 is 9.18 Å². The number of carbonyl (C=O) groups is 1. The van der Waals surface area contributed by atoms with Crippen molar-refractivity contribution in [2.24, 2.45) is 4.99 Å². The van der Waals surface area contributed by atoms with Crippen LogP contribution in [-0.4, -0.2) is 52.9 Å². The van der Waals surface area contributed by atoms with E-state index in [0.717, 1.165) is 5.57 Å². The number of nitrogens with zero attached hydrogens (tertiary/aromatic N) is 5. The smallest absolute Gasteiger partial charge is 0.239 e. The molecule has 0 bridgehead atoms. The number of amidine groups is 1. The molecule has 1 saturated heterocycles. The Hall–Kier alpha value is -3.62. The molecule has 0 spiro atoms. The number of piperazine rings is 1. The Kier molecular flexibility index (Phi) is 5.28. The molecular weight excluding hydrogens is 373 g/mol. The normalized spacial score (nSPS) is 16.6. The summed E-state index contributed by atoms with van der Waals surface area (Å²) in [7, 11) is 0. The molecule has 1 aromatic carbocycles. The number of carbonyl (C=O) groups excluding carboxylic acids is 1. The first-order valence-electron chi connectivity index (χ1n) is 9.25. The van der Waals surface area contributed by atoms with Crippen molar-refractivity contribution in [3.05, 3.63) is 53.1 Å². The van der Waals surface area contributed by atoms with E-state index >= 15 is 0 Å². The minimum Gasteiger partial charge on any atom is -0.353 e. The number of hydrogen-bond donors (Lipinski definition) is 2. The van der Waals surface area contributed by atoms with Gasteiger partial charge in [-0.25, -0.2) is 4.39 Å². The van der Waals surface area contributed by atoms with Crippen molar-refractivity contribution in [1.29, 1.82) is 0 Å². The molecule has 2 aliphatic heterocycles. The van der Waals surface area contributed by atoms with Gasteiger partial charge in [0, 0.05) is 13.1 Å². The standard InChI is InChI=1S/C20H20FN7O/c1-13-9-17(23-11-13)25-19-24-16(6-5-14-3-2-4-15(21)10-14)26-20(27-19)28-8-7-22-18(29)12-28/h2-6,9-10H,7-8,11-12H2,1H3,(H,22,29)(H,23,24,25,26,27)/b6-5+. The summed E-state index contributed by atoms with van der Waals surface area (Å²) in [5, 5.41) is 5.88. The van der Waals surface area contributed by atoms with Crippen LogP contribution < -0.4 is 15.5 Å². The second-order valence-electron chi connectivity index (χ2n) is 6.79. The van der Waals surface area contributed by atoms with Crippen LogP contribution in [0.2, 0.25) is 0 Å². The average Bonchev–Trinajstić information content (AvgIpc) is 3.11. The predicted molar refractivity (Wildman–Crippen MR) is 110 cm³/mol. The quantitative estimate of drug-likeness (QED) is 0.824. The van der Waals surface area contributed by atoms with Crippen LogP contribution in [0.25, 0.3) is 12.2 Å². The number of rotatable bonds is 4. The summed E-state index contributed by atoms with van der Waals surface area (Å²) < 4.78 is 13.4. The van der Waals surface area contributed by atoms with Crippen LogP contribution in [0.3, 0.4) is 0 Å². The van der Waals surface area contributed by atoms with Crippen LogP contribution in [0.5, 0.6) is 0 Å². The van der Waals surface area contributed by atoms with Gasteiger partial charge in [-0.2, -0.15) is 15.0 Å². The highest BCUT2D eigenvalue weighted by atomic mass is 19.1. The van der Waals surface area contributed by atoms with E-state index in [9.17, 15) is 9.18 Å². The van der Waals surface area contributed by atoms with Gasteiger partial charge in [0.25, 0.3) is 0 Å². The van der Waals surface area contributed by atoms with E-state index < -0.39 is 0 Å². The molecule has 1 fully saturated rings. The van der Waals surface area contributed by atoms with Gasteiger partial charge in [-0.1, -0.05) is 18.2 Å². The largest absolute Gasteiger partial charge is 0.353 e. The van der Waals surface area contributed by atoms with Crippen molar-refractivity contribution in [2.75, 3.05) is 36.4 Å². The Balaban J connectivity index is 1.64. The highest BCUT2D eigenvalue weighted by Gasteiger charge is 2.20.